The Kier molecular flexibility index (Phi) is 47.7. The molecule has 2 unspecified atom stereocenters. The molecule has 0 radical (unpaired) electrons. The van der Waals surface area contributed by atoms with Crippen molar-refractivity contribution in [3.63, 3.8) is 0 Å². The minimum Gasteiger partial charge on any atom is -0.466 e. The van der Waals surface area contributed by atoms with E-state index < -0.39 is 0 Å². The molecule has 0 amide bonds. The highest BCUT2D eigenvalue weighted by Crippen LogP contribution is 2.01. The number of unbranched alkanes of at least 4 members (excludes halogenated alkanes) is 3. The van der Waals surface area contributed by atoms with Gasteiger partial charge in [0.15, 0.2) is 0 Å². The third kappa shape index (κ3) is 69.5. The summed E-state index contributed by atoms with van der Waals surface area (Å²) in [5.41, 5.74) is 0. The summed E-state index contributed by atoms with van der Waals surface area (Å²) >= 11 is 0. The maximum atomic E-state index is 10.5. The monoisotopic (exact) mass is 650 g/mol. The van der Waals surface area contributed by atoms with Gasteiger partial charge in [-0.2, -0.15) is 0 Å². The maximum absolute atomic E-state index is 10.5. The average Bonchev–Trinajstić information content (AvgIpc) is 2.94. The fourth-order valence-electron chi connectivity index (χ4n) is 2.56. The van der Waals surface area contributed by atoms with E-state index in [1.807, 2.05) is 6.92 Å². The molecule has 0 bridgehead atoms. The lowest BCUT2D eigenvalue weighted by Crippen LogP contribution is -2.11. The Hall–Kier alpha value is -2.65. The summed E-state index contributed by atoms with van der Waals surface area (Å²) in [6.07, 6.45) is 9.99. The molecule has 10 heteroatoms. The first-order valence-electron chi connectivity index (χ1n) is 16.8. The van der Waals surface area contributed by atoms with Crippen molar-refractivity contribution in [3.05, 3.63) is 0 Å². The molecule has 0 heterocycles. The summed E-state index contributed by atoms with van der Waals surface area (Å²) in [7, 11) is 0. The second-order valence-corrected chi connectivity index (χ2v) is 11.0. The Bertz CT molecular complexity index is 692. The number of carbonyl (C=O) groups excluding carboxylic acids is 5. The first-order valence-corrected chi connectivity index (χ1v) is 16.8. The van der Waals surface area contributed by atoms with Gasteiger partial charge in [0.05, 0.1) is 32.5 Å². The molecule has 0 aromatic rings. The second kappa shape index (κ2) is 41.4. The minimum atomic E-state index is -0.185. The highest BCUT2D eigenvalue weighted by atomic mass is 16.5. The molecule has 0 N–H and O–H groups in total. The third-order valence-corrected chi connectivity index (χ3v) is 5.43. The van der Waals surface area contributed by atoms with E-state index in [2.05, 4.69) is 48.5 Å². The van der Waals surface area contributed by atoms with E-state index in [4.69, 9.17) is 23.7 Å². The van der Waals surface area contributed by atoms with Gasteiger partial charge >= 0.3 is 29.8 Å². The normalized spacial score (nSPS) is 10.7. The molecule has 0 saturated carbocycles. The zero-order valence-electron chi connectivity index (χ0n) is 31.2. The lowest BCUT2D eigenvalue weighted by molar-refractivity contribution is -0.146. The molecule has 2 atom stereocenters. The average molecular weight is 651 g/mol. The van der Waals surface area contributed by atoms with Crippen LogP contribution in [-0.4, -0.2) is 62.4 Å². The van der Waals surface area contributed by atoms with Crippen LogP contribution in [0.1, 0.15) is 154 Å². The van der Waals surface area contributed by atoms with Crippen molar-refractivity contribution < 1.29 is 47.7 Å². The second-order valence-electron chi connectivity index (χ2n) is 11.0. The Morgan fingerprint density at radius 1 is 0.533 bits per heavy atom. The summed E-state index contributed by atoms with van der Waals surface area (Å²) < 4.78 is 23.8. The summed E-state index contributed by atoms with van der Waals surface area (Å²) in [6.45, 7) is 26.3. The predicted octanol–water partition coefficient (Wildman–Crippen LogP) is 8.41. The van der Waals surface area contributed by atoms with Crippen LogP contribution in [0.25, 0.3) is 0 Å². The van der Waals surface area contributed by atoms with Crippen molar-refractivity contribution in [2.75, 3.05) is 26.4 Å². The van der Waals surface area contributed by atoms with E-state index in [1.165, 1.54) is 34.1 Å². The van der Waals surface area contributed by atoms with Crippen LogP contribution in [0, 0.1) is 11.8 Å². The molecule has 0 rings (SSSR count). The molecule has 0 aliphatic rings. The van der Waals surface area contributed by atoms with Crippen LogP contribution in [0.15, 0.2) is 0 Å². The van der Waals surface area contributed by atoms with Crippen molar-refractivity contribution in [3.8, 4) is 0 Å². The lowest BCUT2D eigenvalue weighted by atomic mass is 10.1. The standard InChI is InChI=1S/5C7H14O2/c1-6(2)4-5-9-7(3)8;1-4-6(2)5-9-7(3)8;1-4-5-6(2)9-7(3)8;1-3-4-5-6-9-7(2)8;1-3-5-6-9-7(8)4-2/h3*6H,4-5H2,1-3H3;2*3-6H2,1-2H3. The van der Waals surface area contributed by atoms with Crippen molar-refractivity contribution >= 4 is 29.8 Å². The highest BCUT2D eigenvalue weighted by Gasteiger charge is 2.02. The molecular weight excluding hydrogens is 580 g/mol. The number of rotatable bonds is 17. The van der Waals surface area contributed by atoms with Crippen molar-refractivity contribution in [2.24, 2.45) is 11.8 Å². The van der Waals surface area contributed by atoms with E-state index in [-0.39, 0.29) is 36.0 Å². The minimum absolute atomic E-state index is 0.0903. The molecule has 10 nitrogen and oxygen atoms in total. The van der Waals surface area contributed by atoms with Gasteiger partial charge in [-0.15, -0.1) is 0 Å². The number of esters is 5. The van der Waals surface area contributed by atoms with Gasteiger partial charge in [0.1, 0.15) is 0 Å². The molecule has 0 aromatic heterocycles. The van der Waals surface area contributed by atoms with E-state index in [9.17, 15) is 24.0 Å². The van der Waals surface area contributed by atoms with Crippen molar-refractivity contribution in [1.82, 2.24) is 0 Å². The van der Waals surface area contributed by atoms with Gasteiger partial charge in [-0.1, -0.05) is 87.5 Å². The molecule has 0 saturated heterocycles. The van der Waals surface area contributed by atoms with E-state index in [0.29, 0.717) is 44.7 Å². The fraction of sp³-hybridized carbons (Fsp3) is 0.857. The SMILES string of the molecule is CC(=O)OCCC(C)C.CCC(C)COC(C)=O.CCCC(C)OC(C)=O.CCCCCOC(C)=O.CCCCOC(=O)CC. The molecular formula is C35H70O10. The van der Waals surface area contributed by atoms with Crippen molar-refractivity contribution in [2.45, 2.75) is 160 Å². The number of carbonyl (C=O) groups is 5. The smallest absolute Gasteiger partial charge is 0.305 e. The summed E-state index contributed by atoms with van der Waals surface area (Å²) in [4.78, 5) is 51.4. The Morgan fingerprint density at radius 3 is 1.40 bits per heavy atom. The van der Waals surface area contributed by atoms with Gasteiger partial charge in [0.25, 0.3) is 0 Å². The van der Waals surface area contributed by atoms with Gasteiger partial charge in [-0.25, -0.2) is 0 Å². The zero-order valence-corrected chi connectivity index (χ0v) is 31.2. The van der Waals surface area contributed by atoms with Crippen LogP contribution in [0.3, 0.4) is 0 Å². The molecule has 270 valence electrons. The quantitative estimate of drug-likeness (QED) is 0.0858. The van der Waals surface area contributed by atoms with Crippen LogP contribution in [0.2, 0.25) is 0 Å². The summed E-state index contributed by atoms with van der Waals surface area (Å²) in [5, 5.41) is 0. The first kappa shape index (κ1) is 51.9. The fourth-order valence-corrected chi connectivity index (χ4v) is 2.56. The van der Waals surface area contributed by atoms with Gasteiger partial charge in [-0.3, -0.25) is 24.0 Å². The molecule has 0 aromatic carbocycles. The molecule has 0 fully saturated rings. The molecule has 45 heavy (non-hydrogen) atoms. The van der Waals surface area contributed by atoms with Crippen LogP contribution in [0.4, 0.5) is 0 Å². The molecule has 0 aliphatic heterocycles. The van der Waals surface area contributed by atoms with Crippen LogP contribution >= 0.6 is 0 Å². The predicted molar refractivity (Wildman–Crippen MR) is 181 cm³/mol. The summed E-state index contributed by atoms with van der Waals surface area (Å²) in [5.74, 6) is 0.287. The van der Waals surface area contributed by atoms with E-state index >= 15 is 0 Å². The Labute approximate surface area is 276 Å². The number of ether oxygens (including phenoxy) is 5. The van der Waals surface area contributed by atoms with Gasteiger partial charge in [-0.05, 0) is 44.4 Å². The van der Waals surface area contributed by atoms with Gasteiger partial charge in [0.2, 0.25) is 0 Å². The van der Waals surface area contributed by atoms with Crippen LogP contribution in [-0.2, 0) is 47.7 Å². The first-order chi connectivity index (χ1) is 21.0. The number of hydrogen-bond donors (Lipinski definition) is 0. The van der Waals surface area contributed by atoms with E-state index in [1.54, 1.807) is 6.92 Å². The van der Waals surface area contributed by atoms with Crippen LogP contribution in [0.5, 0.6) is 0 Å². The van der Waals surface area contributed by atoms with Crippen LogP contribution < -0.4 is 0 Å². The lowest BCUT2D eigenvalue weighted by Gasteiger charge is -2.08. The third-order valence-electron chi connectivity index (χ3n) is 5.43. The Balaban J connectivity index is -0.000000148. The van der Waals surface area contributed by atoms with E-state index in [0.717, 1.165) is 51.4 Å². The summed E-state index contributed by atoms with van der Waals surface area (Å²) in [6, 6.07) is 0. The zero-order chi connectivity index (χ0) is 36.1. The maximum Gasteiger partial charge on any atom is 0.305 e. The van der Waals surface area contributed by atoms with Gasteiger partial charge in [0, 0.05) is 34.1 Å². The Morgan fingerprint density at radius 2 is 1.02 bits per heavy atom. The largest absolute Gasteiger partial charge is 0.466 e. The van der Waals surface area contributed by atoms with Gasteiger partial charge < -0.3 is 23.7 Å². The molecule has 0 aliphatic carbocycles. The van der Waals surface area contributed by atoms with Crippen molar-refractivity contribution in [1.29, 1.82) is 0 Å². The highest BCUT2D eigenvalue weighted by molar-refractivity contribution is 5.68. The number of hydrogen-bond acceptors (Lipinski definition) is 10. The topological polar surface area (TPSA) is 132 Å². The molecule has 0 spiro atoms.